The van der Waals surface area contributed by atoms with E-state index in [2.05, 4.69) is 21.2 Å². The molecule has 8 nitrogen and oxygen atoms in total. The number of nitrogens with zero attached hydrogens (tertiary/aromatic N) is 1. The van der Waals surface area contributed by atoms with Crippen LogP contribution in [0.4, 0.5) is 10.5 Å². The zero-order chi connectivity index (χ0) is 20.4. The van der Waals surface area contributed by atoms with Crippen LogP contribution in [0.3, 0.4) is 0 Å². The van der Waals surface area contributed by atoms with Gasteiger partial charge in [-0.2, -0.15) is 0 Å². The fourth-order valence-electron chi connectivity index (χ4n) is 2.62. The van der Waals surface area contributed by atoms with Crippen LogP contribution in [-0.2, 0) is 9.59 Å². The van der Waals surface area contributed by atoms with E-state index >= 15 is 0 Å². The van der Waals surface area contributed by atoms with E-state index in [0.717, 1.165) is 4.90 Å². The Morgan fingerprint density at radius 2 is 1.75 bits per heavy atom. The van der Waals surface area contributed by atoms with Gasteiger partial charge < -0.3 is 14.6 Å². The lowest BCUT2D eigenvalue weighted by molar-refractivity contribution is -0.122. The van der Waals surface area contributed by atoms with Crippen molar-refractivity contribution in [1.29, 1.82) is 0 Å². The van der Waals surface area contributed by atoms with Crippen LogP contribution in [0.15, 0.2) is 46.4 Å². The number of aromatic hydroxyl groups is 1. The van der Waals surface area contributed by atoms with E-state index in [4.69, 9.17) is 9.47 Å². The summed E-state index contributed by atoms with van der Waals surface area (Å²) in [6.45, 7) is 0. The molecule has 0 aliphatic carbocycles. The number of barbiturate groups is 1. The summed E-state index contributed by atoms with van der Waals surface area (Å²) in [4.78, 5) is 38.2. The number of carbonyl (C=O) groups is 3. The Bertz CT molecular complexity index is 1000. The fourth-order valence-corrected chi connectivity index (χ4v) is 3.08. The topological polar surface area (TPSA) is 105 Å². The Balaban J connectivity index is 2.02. The number of urea groups is 1. The molecule has 2 aromatic rings. The van der Waals surface area contributed by atoms with E-state index in [9.17, 15) is 19.5 Å². The molecule has 0 atom stereocenters. The molecule has 0 aromatic heterocycles. The second-order valence-electron chi connectivity index (χ2n) is 5.71. The van der Waals surface area contributed by atoms with Crippen LogP contribution in [0.1, 0.15) is 5.56 Å². The molecule has 2 aromatic carbocycles. The van der Waals surface area contributed by atoms with Crippen molar-refractivity contribution in [1.82, 2.24) is 5.32 Å². The predicted molar refractivity (Wildman–Crippen MR) is 104 cm³/mol. The SMILES string of the molecule is COc1ccc(N2C(=O)NC(=O)/C(=C/c3cc(Br)c(O)c(OC)c3)C2=O)cc1. The van der Waals surface area contributed by atoms with E-state index < -0.39 is 17.8 Å². The minimum Gasteiger partial charge on any atom is -0.503 e. The highest BCUT2D eigenvalue weighted by atomic mass is 79.9. The van der Waals surface area contributed by atoms with Gasteiger partial charge in [-0.25, -0.2) is 9.69 Å². The summed E-state index contributed by atoms with van der Waals surface area (Å²) in [5, 5.41) is 12.0. The average molecular weight is 447 g/mol. The molecule has 28 heavy (non-hydrogen) atoms. The van der Waals surface area contributed by atoms with Crippen LogP contribution in [0.2, 0.25) is 0 Å². The molecule has 0 saturated carbocycles. The number of rotatable bonds is 4. The standard InChI is InChI=1S/C19H15BrN2O6/c1-27-12-5-3-11(4-6-12)22-18(25)13(17(24)21-19(22)26)7-10-8-14(20)16(23)15(9-10)28-2/h3-9,23H,1-2H3,(H,21,24,26)/b13-7-. The van der Waals surface area contributed by atoms with E-state index in [1.165, 1.54) is 44.6 Å². The molecule has 1 fully saturated rings. The van der Waals surface area contributed by atoms with Crippen LogP contribution < -0.4 is 19.7 Å². The number of anilines is 1. The number of ether oxygens (including phenoxy) is 2. The van der Waals surface area contributed by atoms with Crippen molar-refractivity contribution in [3.63, 3.8) is 0 Å². The third-order valence-corrected chi connectivity index (χ3v) is 4.62. The highest BCUT2D eigenvalue weighted by molar-refractivity contribution is 9.10. The van der Waals surface area contributed by atoms with Gasteiger partial charge in [-0.05, 0) is 64.0 Å². The second kappa shape index (κ2) is 7.73. The molecule has 144 valence electrons. The highest BCUT2D eigenvalue weighted by Gasteiger charge is 2.36. The van der Waals surface area contributed by atoms with Gasteiger partial charge in [0.25, 0.3) is 11.8 Å². The first-order chi connectivity index (χ1) is 13.3. The van der Waals surface area contributed by atoms with Crippen molar-refractivity contribution in [2.45, 2.75) is 0 Å². The molecule has 3 rings (SSSR count). The number of methoxy groups -OCH3 is 2. The number of hydrogen-bond donors (Lipinski definition) is 2. The molecule has 0 spiro atoms. The molecule has 0 unspecified atom stereocenters. The third-order valence-electron chi connectivity index (χ3n) is 4.01. The third kappa shape index (κ3) is 3.56. The quantitative estimate of drug-likeness (QED) is 0.552. The fraction of sp³-hybridized carbons (Fsp3) is 0.105. The highest BCUT2D eigenvalue weighted by Crippen LogP contribution is 2.36. The van der Waals surface area contributed by atoms with Gasteiger partial charge >= 0.3 is 6.03 Å². The van der Waals surface area contributed by atoms with Gasteiger partial charge in [0.05, 0.1) is 24.4 Å². The Labute approximate surface area is 168 Å². The number of carbonyl (C=O) groups excluding carboxylic acids is 3. The maximum absolute atomic E-state index is 12.9. The van der Waals surface area contributed by atoms with Crippen molar-refractivity contribution >= 4 is 45.5 Å². The lowest BCUT2D eigenvalue weighted by atomic mass is 10.1. The lowest BCUT2D eigenvalue weighted by Gasteiger charge is -2.26. The zero-order valence-corrected chi connectivity index (χ0v) is 16.4. The van der Waals surface area contributed by atoms with Crippen molar-refractivity contribution in [2.75, 3.05) is 19.1 Å². The molecule has 1 aliphatic heterocycles. The molecule has 2 N–H and O–H groups in total. The van der Waals surface area contributed by atoms with Gasteiger partial charge in [0.2, 0.25) is 0 Å². The number of nitrogens with one attached hydrogen (secondary N) is 1. The minimum atomic E-state index is -0.846. The van der Waals surface area contributed by atoms with Gasteiger partial charge in [-0.15, -0.1) is 0 Å². The number of phenols is 1. The Kier molecular flexibility index (Phi) is 5.36. The molecule has 0 bridgehead atoms. The van der Waals surface area contributed by atoms with Crippen molar-refractivity contribution in [3.8, 4) is 17.2 Å². The largest absolute Gasteiger partial charge is 0.503 e. The molecule has 4 amide bonds. The van der Waals surface area contributed by atoms with Gasteiger partial charge in [0.15, 0.2) is 11.5 Å². The zero-order valence-electron chi connectivity index (χ0n) is 14.9. The maximum atomic E-state index is 12.9. The number of benzene rings is 2. The summed E-state index contributed by atoms with van der Waals surface area (Å²) >= 11 is 3.18. The average Bonchev–Trinajstić information content (AvgIpc) is 2.68. The van der Waals surface area contributed by atoms with Crippen LogP contribution in [-0.4, -0.2) is 37.2 Å². The van der Waals surface area contributed by atoms with Gasteiger partial charge in [-0.1, -0.05) is 0 Å². The second-order valence-corrected chi connectivity index (χ2v) is 6.56. The van der Waals surface area contributed by atoms with Crippen LogP contribution in [0.25, 0.3) is 6.08 Å². The van der Waals surface area contributed by atoms with Gasteiger partial charge in [0, 0.05) is 0 Å². The lowest BCUT2D eigenvalue weighted by Crippen LogP contribution is -2.54. The van der Waals surface area contributed by atoms with E-state index in [-0.39, 0.29) is 22.8 Å². The van der Waals surface area contributed by atoms with Crippen molar-refractivity contribution in [3.05, 3.63) is 52.0 Å². The Hall–Kier alpha value is -3.33. The molecule has 1 heterocycles. The van der Waals surface area contributed by atoms with Crippen LogP contribution in [0.5, 0.6) is 17.2 Å². The number of amides is 4. The van der Waals surface area contributed by atoms with Gasteiger partial charge in [0.1, 0.15) is 11.3 Å². The monoisotopic (exact) mass is 446 g/mol. The summed E-state index contributed by atoms with van der Waals surface area (Å²) in [6, 6.07) is 8.38. The molecular weight excluding hydrogens is 432 g/mol. The number of halogens is 1. The summed E-state index contributed by atoms with van der Waals surface area (Å²) in [5.41, 5.74) is 0.463. The predicted octanol–water partition coefficient (Wildman–Crippen LogP) is 2.84. The smallest absolute Gasteiger partial charge is 0.335 e. The van der Waals surface area contributed by atoms with Crippen LogP contribution in [0, 0.1) is 0 Å². The number of imide groups is 2. The number of hydrogen-bond acceptors (Lipinski definition) is 6. The Morgan fingerprint density at radius 3 is 2.36 bits per heavy atom. The number of phenolic OH excluding ortho intramolecular Hbond substituents is 1. The Morgan fingerprint density at radius 1 is 1.07 bits per heavy atom. The van der Waals surface area contributed by atoms with Crippen molar-refractivity contribution in [2.24, 2.45) is 0 Å². The summed E-state index contributed by atoms with van der Waals surface area (Å²) in [6.07, 6.45) is 1.31. The van der Waals surface area contributed by atoms with E-state index in [0.29, 0.717) is 15.8 Å². The first-order valence-electron chi connectivity index (χ1n) is 7.97. The van der Waals surface area contributed by atoms with E-state index in [1.54, 1.807) is 12.1 Å². The maximum Gasteiger partial charge on any atom is 0.335 e. The minimum absolute atomic E-state index is 0.112. The van der Waals surface area contributed by atoms with Crippen LogP contribution >= 0.6 is 15.9 Å². The first-order valence-corrected chi connectivity index (χ1v) is 8.77. The normalized spacial score (nSPS) is 15.6. The molecule has 1 aliphatic rings. The summed E-state index contributed by atoms with van der Waals surface area (Å²) in [5.74, 6) is -0.987. The van der Waals surface area contributed by atoms with E-state index in [1.807, 2.05) is 0 Å². The summed E-state index contributed by atoms with van der Waals surface area (Å²) < 4.78 is 10.5. The molecule has 9 heteroatoms. The molecule has 0 radical (unpaired) electrons. The molecule has 1 saturated heterocycles. The molecular formula is C19H15BrN2O6. The summed E-state index contributed by atoms with van der Waals surface area (Å²) in [7, 11) is 2.87. The van der Waals surface area contributed by atoms with Gasteiger partial charge in [-0.3, -0.25) is 14.9 Å². The van der Waals surface area contributed by atoms with Crippen molar-refractivity contribution < 1.29 is 29.0 Å². The first kappa shape index (κ1) is 19.4.